The molecule has 0 saturated heterocycles. The van der Waals surface area contributed by atoms with Crippen LogP contribution in [-0.4, -0.2) is 0 Å². The molecule has 0 aromatic rings. The smallest absolute Gasteiger partial charge is 0.0835 e. The Morgan fingerprint density at radius 2 is 2.07 bits per heavy atom. The van der Waals surface area contributed by atoms with Crippen LogP contribution in [0.1, 0.15) is 20.3 Å². The van der Waals surface area contributed by atoms with Crippen molar-refractivity contribution in [3.8, 4) is 0 Å². The molecule has 1 N–H and O–H groups in total. The number of nitrogens with one attached hydrogen (secondary N) is 1. The van der Waals surface area contributed by atoms with E-state index in [1.54, 1.807) is 0 Å². The molecule has 0 rings (SSSR count). The van der Waals surface area contributed by atoms with Crippen LogP contribution in [0.25, 0.3) is 0 Å². The molecule has 6 heteroatoms. The summed E-state index contributed by atoms with van der Waals surface area (Å²) >= 11 is 0. The Bertz CT molecular complexity index is 323. The highest BCUT2D eigenvalue weighted by Gasteiger charge is 1.96. The van der Waals surface area contributed by atoms with Crippen molar-refractivity contribution in [3.63, 3.8) is 0 Å². The standard InChI is InChI=1S/C9H14N6/c1-4-6-7-9(5-2)8(3)11-13-15-14-12-10/h4,6-7,10H,3,5H2,1-2H3/b6-4+,9-7-,12-10?,13-11?,15-14?. The predicted molar refractivity (Wildman–Crippen MR) is 57.2 cm³/mol. The molecule has 0 bridgehead atoms. The molecule has 6 nitrogen and oxygen atoms in total. The summed E-state index contributed by atoms with van der Waals surface area (Å²) in [4.78, 5) is 0. The number of rotatable bonds is 6. The fourth-order valence-electron chi connectivity index (χ4n) is 0.807. The summed E-state index contributed by atoms with van der Waals surface area (Å²) in [5, 5.41) is 15.8. The molecule has 0 fully saturated rings. The van der Waals surface area contributed by atoms with E-state index in [0.29, 0.717) is 5.70 Å². The minimum absolute atomic E-state index is 0.527. The van der Waals surface area contributed by atoms with E-state index >= 15 is 0 Å². The first-order chi connectivity index (χ1) is 7.26. The second-order valence-corrected chi connectivity index (χ2v) is 2.49. The van der Waals surface area contributed by atoms with Gasteiger partial charge in [-0.25, -0.2) is 0 Å². The molecule has 0 spiro atoms. The van der Waals surface area contributed by atoms with Crippen molar-refractivity contribution in [1.82, 2.24) is 0 Å². The van der Waals surface area contributed by atoms with Crippen LogP contribution in [0.4, 0.5) is 0 Å². The van der Waals surface area contributed by atoms with Crippen molar-refractivity contribution in [2.75, 3.05) is 0 Å². The molecule has 0 saturated carbocycles. The molecule has 0 aliphatic carbocycles. The maximum atomic E-state index is 6.32. The van der Waals surface area contributed by atoms with Crippen LogP contribution in [0.15, 0.2) is 62.1 Å². The van der Waals surface area contributed by atoms with E-state index in [0.717, 1.165) is 12.0 Å². The maximum absolute atomic E-state index is 6.32. The molecule has 0 heterocycles. The van der Waals surface area contributed by atoms with Gasteiger partial charge < -0.3 is 0 Å². The van der Waals surface area contributed by atoms with Gasteiger partial charge >= 0.3 is 0 Å². The van der Waals surface area contributed by atoms with Crippen molar-refractivity contribution in [2.45, 2.75) is 20.3 Å². The number of hydrogen-bond acceptors (Lipinski definition) is 2. The van der Waals surface area contributed by atoms with Crippen LogP contribution in [0.5, 0.6) is 0 Å². The van der Waals surface area contributed by atoms with E-state index in [2.05, 4.69) is 32.6 Å². The van der Waals surface area contributed by atoms with Gasteiger partial charge in [0.25, 0.3) is 0 Å². The van der Waals surface area contributed by atoms with Gasteiger partial charge in [0.15, 0.2) is 0 Å². The Kier molecular flexibility index (Phi) is 7.47. The molecule has 0 aliphatic heterocycles. The molecule has 0 atom stereocenters. The number of hydrogen-bond donors (Lipinski definition) is 1. The summed E-state index contributed by atoms with van der Waals surface area (Å²) in [6, 6.07) is 0. The van der Waals surface area contributed by atoms with Crippen LogP contribution in [-0.2, 0) is 0 Å². The molecule has 0 aromatic heterocycles. The molecule has 0 unspecified atom stereocenters. The predicted octanol–water partition coefficient (Wildman–Crippen LogP) is 4.18. The molecule has 0 amide bonds. The fraction of sp³-hybridized carbons (Fsp3) is 0.333. The highest BCUT2D eigenvalue weighted by Crippen LogP contribution is 2.13. The van der Waals surface area contributed by atoms with Gasteiger partial charge in [0.1, 0.15) is 0 Å². The summed E-state index contributed by atoms with van der Waals surface area (Å²) in [6.45, 7) is 7.66. The summed E-state index contributed by atoms with van der Waals surface area (Å²) in [6.07, 6.45) is 6.54. The molecule has 0 aromatic carbocycles. The van der Waals surface area contributed by atoms with E-state index in [4.69, 9.17) is 5.53 Å². The van der Waals surface area contributed by atoms with Gasteiger partial charge in [0.2, 0.25) is 0 Å². The van der Waals surface area contributed by atoms with Gasteiger partial charge in [0.05, 0.1) is 5.70 Å². The van der Waals surface area contributed by atoms with Gasteiger partial charge in [-0.1, -0.05) is 31.7 Å². The van der Waals surface area contributed by atoms with Crippen LogP contribution in [0, 0.1) is 5.53 Å². The zero-order valence-electron chi connectivity index (χ0n) is 8.88. The van der Waals surface area contributed by atoms with Crippen LogP contribution in [0.2, 0.25) is 0 Å². The monoisotopic (exact) mass is 206 g/mol. The van der Waals surface area contributed by atoms with Crippen molar-refractivity contribution in [3.05, 3.63) is 36.1 Å². The van der Waals surface area contributed by atoms with Gasteiger partial charge in [-0.15, -0.1) is 5.11 Å². The summed E-state index contributed by atoms with van der Waals surface area (Å²) in [5.41, 5.74) is 7.81. The van der Waals surface area contributed by atoms with E-state index in [1.165, 1.54) is 0 Å². The number of allylic oxidation sites excluding steroid dienone is 4. The van der Waals surface area contributed by atoms with Crippen molar-refractivity contribution in [2.24, 2.45) is 26.0 Å². The Morgan fingerprint density at radius 1 is 1.33 bits per heavy atom. The molecule has 15 heavy (non-hydrogen) atoms. The summed E-state index contributed by atoms with van der Waals surface area (Å²) in [5.74, 6) is 0. The third-order valence-corrected chi connectivity index (χ3v) is 1.53. The lowest BCUT2D eigenvalue weighted by Gasteiger charge is -1.98. The van der Waals surface area contributed by atoms with Crippen LogP contribution >= 0.6 is 0 Å². The Morgan fingerprint density at radius 3 is 2.60 bits per heavy atom. The zero-order valence-corrected chi connectivity index (χ0v) is 8.88. The van der Waals surface area contributed by atoms with Crippen molar-refractivity contribution in [1.29, 1.82) is 5.53 Å². The average Bonchev–Trinajstić information content (AvgIpc) is 2.25. The molecule has 0 aliphatic rings. The van der Waals surface area contributed by atoms with Gasteiger partial charge in [-0.3, -0.25) is 0 Å². The molecule has 80 valence electrons. The summed E-state index contributed by atoms with van der Waals surface area (Å²) in [7, 11) is 0. The molecule has 0 radical (unpaired) electrons. The maximum Gasteiger partial charge on any atom is 0.0835 e. The van der Waals surface area contributed by atoms with Gasteiger partial charge in [-0.05, 0) is 39.8 Å². The lowest BCUT2D eigenvalue weighted by molar-refractivity contribution is 0.820. The number of nitrogens with zero attached hydrogens (tertiary/aromatic N) is 5. The molecular weight excluding hydrogens is 192 g/mol. The van der Waals surface area contributed by atoms with E-state index < -0.39 is 0 Å². The lowest BCUT2D eigenvalue weighted by atomic mass is 10.1. The highest BCUT2D eigenvalue weighted by molar-refractivity contribution is 5.29. The first-order valence-corrected chi connectivity index (χ1v) is 4.44. The van der Waals surface area contributed by atoms with E-state index in [-0.39, 0.29) is 0 Å². The average molecular weight is 206 g/mol. The second kappa shape index (κ2) is 8.61. The Balaban J connectivity index is 4.46. The quantitative estimate of drug-likeness (QED) is 0.384. The molecular formula is C9H14N6. The van der Waals surface area contributed by atoms with Crippen molar-refractivity contribution < 1.29 is 0 Å². The second-order valence-electron chi connectivity index (χ2n) is 2.49. The highest BCUT2D eigenvalue weighted by atomic mass is 15.6. The van der Waals surface area contributed by atoms with Crippen LogP contribution in [0.3, 0.4) is 0 Å². The van der Waals surface area contributed by atoms with Gasteiger partial charge in [-0.2, -0.15) is 5.53 Å². The van der Waals surface area contributed by atoms with E-state index in [9.17, 15) is 0 Å². The van der Waals surface area contributed by atoms with Gasteiger partial charge in [0, 0.05) is 0 Å². The normalized spacial score (nSPS) is 13.1. The third-order valence-electron chi connectivity index (χ3n) is 1.53. The minimum Gasteiger partial charge on any atom is -0.183 e. The zero-order chi connectivity index (χ0) is 11.5. The SMILES string of the molecule is C=C(N=NN=NN=N)/C(=C\C=C\C)CC. The largest absolute Gasteiger partial charge is 0.183 e. The van der Waals surface area contributed by atoms with Crippen molar-refractivity contribution >= 4 is 0 Å². The minimum atomic E-state index is 0.527. The fourth-order valence-corrected chi connectivity index (χ4v) is 0.807. The topological polar surface area (TPSA) is 85.7 Å². The lowest BCUT2D eigenvalue weighted by Crippen LogP contribution is -1.81. The van der Waals surface area contributed by atoms with Crippen LogP contribution < -0.4 is 0 Å². The van der Waals surface area contributed by atoms with E-state index in [1.807, 2.05) is 32.1 Å². The Labute approximate surface area is 88.7 Å². The summed E-state index contributed by atoms with van der Waals surface area (Å²) < 4.78 is 0. The third kappa shape index (κ3) is 6.14. The first-order valence-electron chi connectivity index (χ1n) is 4.44. The Hall–Kier alpha value is -1.98. The first kappa shape index (κ1) is 13.0.